The number of hydrogen-bond donors (Lipinski definition) is 2. The van der Waals surface area contributed by atoms with Crippen molar-refractivity contribution in [2.45, 2.75) is 57.6 Å². The Bertz CT molecular complexity index is 808. The molecule has 2 N–H and O–H groups in total. The van der Waals surface area contributed by atoms with Crippen LogP contribution >= 0.6 is 12.2 Å². The molecule has 1 heterocycles. The van der Waals surface area contributed by atoms with Gasteiger partial charge in [0.1, 0.15) is 17.9 Å². The van der Waals surface area contributed by atoms with Crippen molar-refractivity contribution in [2.24, 2.45) is 0 Å². The SMILES string of the molecule is CCOc1ccc(C(=O)NC(=S)N2CCNC(=O)C2CC(=O)OC2CCCCC2)cc1. The first-order valence-electron chi connectivity index (χ1n) is 10.8. The van der Waals surface area contributed by atoms with Gasteiger partial charge in [-0.05, 0) is 69.1 Å². The lowest BCUT2D eigenvalue weighted by Gasteiger charge is -2.36. The third-order valence-electron chi connectivity index (χ3n) is 5.45. The lowest BCUT2D eigenvalue weighted by molar-refractivity contribution is -0.153. The molecule has 2 fully saturated rings. The van der Waals surface area contributed by atoms with Gasteiger partial charge in [0.15, 0.2) is 5.11 Å². The molecule has 1 aromatic carbocycles. The Hall–Kier alpha value is -2.68. The highest BCUT2D eigenvalue weighted by Gasteiger charge is 2.35. The summed E-state index contributed by atoms with van der Waals surface area (Å²) in [6.45, 7) is 3.20. The van der Waals surface area contributed by atoms with E-state index in [0.29, 0.717) is 31.0 Å². The Morgan fingerprint density at radius 2 is 1.90 bits per heavy atom. The van der Waals surface area contributed by atoms with Gasteiger partial charge in [0.2, 0.25) is 5.91 Å². The fourth-order valence-corrected chi connectivity index (χ4v) is 4.16. The van der Waals surface area contributed by atoms with Crippen molar-refractivity contribution in [2.75, 3.05) is 19.7 Å². The molecule has 1 aliphatic carbocycles. The number of nitrogens with zero attached hydrogens (tertiary/aromatic N) is 1. The van der Waals surface area contributed by atoms with Gasteiger partial charge in [-0.15, -0.1) is 0 Å². The van der Waals surface area contributed by atoms with E-state index in [-0.39, 0.29) is 29.5 Å². The molecule has 1 aromatic rings. The molecule has 8 nitrogen and oxygen atoms in total. The van der Waals surface area contributed by atoms with Crippen molar-refractivity contribution in [3.63, 3.8) is 0 Å². The Kier molecular flexibility index (Phi) is 8.22. The van der Waals surface area contributed by atoms with Crippen LogP contribution < -0.4 is 15.4 Å². The summed E-state index contributed by atoms with van der Waals surface area (Å²) in [5.74, 6) is -0.433. The third-order valence-corrected chi connectivity index (χ3v) is 5.79. The predicted molar refractivity (Wildman–Crippen MR) is 119 cm³/mol. The third kappa shape index (κ3) is 6.40. The van der Waals surface area contributed by atoms with Gasteiger partial charge in [-0.2, -0.15) is 0 Å². The molecule has 1 unspecified atom stereocenters. The minimum absolute atomic E-state index is 0.0762. The van der Waals surface area contributed by atoms with E-state index in [1.54, 1.807) is 29.2 Å². The number of piperazine rings is 1. The summed E-state index contributed by atoms with van der Waals surface area (Å²) in [7, 11) is 0. The van der Waals surface area contributed by atoms with Gasteiger partial charge >= 0.3 is 5.97 Å². The highest BCUT2D eigenvalue weighted by atomic mass is 32.1. The number of carbonyl (C=O) groups excluding carboxylic acids is 3. The first-order chi connectivity index (χ1) is 15.0. The van der Waals surface area contributed by atoms with E-state index in [4.69, 9.17) is 21.7 Å². The fourth-order valence-electron chi connectivity index (χ4n) is 3.85. The summed E-state index contributed by atoms with van der Waals surface area (Å²) in [4.78, 5) is 39.1. The topological polar surface area (TPSA) is 97.0 Å². The van der Waals surface area contributed by atoms with E-state index in [9.17, 15) is 14.4 Å². The normalized spacial score (nSPS) is 19.3. The minimum Gasteiger partial charge on any atom is -0.494 e. The maximum absolute atomic E-state index is 12.6. The van der Waals surface area contributed by atoms with Gasteiger partial charge in [-0.3, -0.25) is 19.7 Å². The van der Waals surface area contributed by atoms with E-state index in [2.05, 4.69) is 10.6 Å². The Morgan fingerprint density at radius 3 is 2.58 bits per heavy atom. The van der Waals surface area contributed by atoms with Crippen LogP contribution in [-0.2, 0) is 14.3 Å². The summed E-state index contributed by atoms with van der Waals surface area (Å²) in [5.41, 5.74) is 0.417. The molecule has 2 aliphatic rings. The zero-order valence-corrected chi connectivity index (χ0v) is 18.5. The smallest absolute Gasteiger partial charge is 0.308 e. The number of benzene rings is 1. The number of thiocarbonyl (C=S) groups is 1. The molecule has 9 heteroatoms. The average Bonchev–Trinajstić information content (AvgIpc) is 2.76. The summed E-state index contributed by atoms with van der Waals surface area (Å²) in [6.07, 6.45) is 4.81. The molecule has 2 amide bonds. The lowest BCUT2D eigenvalue weighted by Crippen LogP contribution is -2.60. The van der Waals surface area contributed by atoms with Crippen LogP contribution in [0, 0.1) is 0 Å². The van der Waals surface area contributed by atoms with Crippen LogP contribution in [0.4, 0.5) is 0 Å². The van der Waals surface area contributed by atoms with Gasteiger partial charge < -0.3 is 19.7 Å². The van der Waals surface area contributed by atoms with E-state index in [1.165, 1.54) is 0 Å². The molecule has 1 saturated carbocycles. The number of hydrogen-bond acceptors (Lipinski definition) is 6. The molecule has 0 aromatic heterocycles. The van der Waals surface area contributed by atoms with Crippen LogP contribution in [0.15, 0.2) is 24.3 Å². The molecule has 1 saturated heterocycles. The monoisotopic (exact) mass is 447 g/mol. The van der Waals surface area contributed by atoms with Crippen LogP contribution in [0.3, 0.4) is 0 Å². The Morgan fingerprint density at radius 1 is 1.19 bits per heavy atom. The Balaban J connectivity index is 1.59. The van der Waals surface area contributed by atoms with E-state index in [0.717, 1.165) is 32.1 Å². The van der Waals surface area contributed by atoms with Crippen LogP contribution in [-0.4, -0.2) is 59.6 Å². The van der Waals surface area contributed by atoms with E-state index in [1.807, 2.05) is 6.92 Å². The van der Waals surface area contributed by atoms with E-state index < -0.39 is 12.0 Å². The summed E-state index contributed by atoms with van der Waals surface area (Å²) in [5, 5.41) is 5.54. The highest BCUT2D eigenvalue weighted by molar-refractivity contribution is 7.80. The standard InChI is InChI=1S/C22H29N3O5S/c1-2-29-16-10-8-15(9-11-16)20(27)24-22(31)25-13-12-23-21(28)18(25)14-19(26)30-17-6-4-3-5-7-17/h8-11,17-18H,2-7,12-14H2,1H3,(H,23,28)(H,24,27,31). The average molecular weight is 448 g/mol. The quantitative estimate of drug-likeness (QED) is 0.510. The van der Waals surface area contributed by atoms with Crippen LogP contribution in [0.5, 0.6) is 5.75 Å². The maximum atomic E-state index is 12.6. The lowest BCUT2D eigenvalue weighted by atomic mass is 9.98. The molecule has 0 radical (unpaired) electrons. The molecule has 3 rings (SSSR count). The second-order valence-corrected chi connectivity index (χ2v) is 8.06. The van der Waals surface area contributed by atoms with E-state index >= 15 is 0 Å². The summed E-state index contributed by atoms with van der Waals surface area (Å²) >= 11 is 5.40. The zero-order valence-electron chi connectivity index (χ0n) is 17.7. The number of rotatable bonds is 6. The van der Waals surface area contributed by atoms with Gasteiger partial charge in [0, 0.05) is 18.7 Å². The first kappa shape index (κ1) is 23.0. The van der Waals surface area contributed by atoms with Gasteiger partial charge in [-0.25, -0.2) is 0 Å². The minimum atomic E-state index is -0.807. The summed E-state index contributed by atoms with van der Waals surface area (Å²) < 4.78 is 10.9. The molecule has 1 atom stereocenters. The second kappa shape index (κ2) is 11.1. The van der Waals surface area contributed by atoms with Crippen molar-refractivity contribution >= 4 is 35.1 Å². The van der Waals surface area contributed by atoms with Crippen LogP contribution in [0.2, 0.25) is 0 Å². The van der Waals surface area contributed by atoms with Crippen molar-refractivity contribution in [1.82, 2.24) is 15.5 Å². The molecule has 31 heavy (non-hydrogen) atoms. The molecule has 0 bridgehead atoms. The van der Waals surface area contributed by atoms with Gasteiger partial charge in [0.05, 0.1) is 13.0 Å². The van der Waals surface area contributed by atoms with Crippen molar-refractivity contribution in [3.8, 4) is 5.75 Å². The predicted octanol–water partition coefficient (Wildman–Crippen LogP) is 2.17. The number of nitrogens with one attached hydrogen (secondary N) is 2. The van der Waals surface area contributed by atoms with Gasteiger partial charge in [0.25, 0.3) is 5.91 Å². The number of amides is 2. The van der Waals surface area contributed by atoms with Crippen LogP contribution in [0.25, 0.3) is 0 Å². The fraction of sp³-hybridized carbons (Fsp3) is 0.545. The highest BCUT2D eigenvalue weighted by Crippen LogP contribution is 2.21. The second-order valence-electron chi connectivity index (χ2n) is 7.67. The maximum Gasteiger partial charge on any atom is 0.308 e. The van der Waals surface area contributed by atoms with Crippen molar-refractivity contribution < 1.29 is 23.9 Å². The van der Waals surface area contributed by atoms with Crippen molar-refractivity contribution in [3.05, 3.63) is 29.8 Å². The van der Waals surface area contributed by atoms with Crippen molar-refractivity contribution in [1.29, 1.82) is 0 Å². The Labute approximate surface area is 187 Å². The first-order valence-corrected chi connectivity index (χ1v) is 11.2. The molecule has 1 aliphatic heterocycles. The zero-order chi connectivity index (χ0) is 22.2. The number of ether oxygens (including phenoxy) is 2. The number of carbonyl (C=O) groups is 3. The van der Waals surface area contributed by atoms with Crippen LogP contribution in [0.1, 0.15) is 55.8 Å². The largest absolute Gasteiger partial charge is 0.494 e. The summed E-state index contributed by atoms with van der Waals surface area (Å²) in [6, 6.07) is 5.90. The van der Waals surface area contributed by atoms with Gasteiger partial charge in [-0.1, -0.05) is 6.42 Å². The molecule has 168 valence electrons. The molecule has 0 spiro atoms. The molecular weight excluding hydrogens is 418 g/mol. The number of esters is 1. The molecular formula is C22H29N3O5S.